The zero-order valence-corrected chi connectivity index (χ0v) is 14.5. The molecule has 134 valence electrons. The van der Waals surface area contributed by atoms with Gasteiger partial charge < -0.3 is 15.4 Å². The van der Waals surface area contributed by atoms with E-state index in [1.165, 1.54) is 0 Å². The third-order valence-corrected chi connectivity index (χ3v) is 6.30. The second-order valence-electron chi connectivity index (χ2n) is 6.22. The molecule has 0 bridgehead atoms. The average molecular weight is 372 g/mol. The van der Waals surface area contributed by atoms with Crippen LogP contribution in [0.3, 0.4) is 0 Å². The molecule has 4 rings (SSSR count). The molecule has 0 aromatic heterocycles. The van der Waals surface area contributed by atoms with Crippen LogP contribution in [0.2, 0.25) is 0 Å². The van der Waals surface area contributed by atoms with Gasteiger partial charge in [-0.15, -0.1) is 0 Å². The predicted molar refractivity (Wildman–Crippen MR) is 93.9 cm³/mol. The largest absolute Gasteiger partial charge is 0.482 e. The Morgan fingerprint density at radius 2 is 2.00 bits per heavy atom. The summed E-state index contributed by atoms with van der Waals surface area (Å²) in [6.07, 6.45) is 0.322. The van der Waals surface area contributed by atoms with E-state index in [2.05, 4.69) is 10.6 Å². The van der Waals surface area contributed by atoms with E-state index in [0.29, 0.717) is 29.0 Å². The molecule has 0 spiro atoms. The Balaban J connectivity index is 1.59. The van der Waals surface area contributed by atoms with Gasteiger partial charge in [0.15, 0.2) is 16.4 Å². The van der Waals surface area contributed by atoms with Gasteiger partial charge in [0.2, 0.25) is 0 Å². The van der Waals surface area contributed by atoms with Crippen LogP contribution in [0.15, 0.2) is 47.4 Å². The van der Waals surface area contributed by atoms with Crippen LogP contribution in [0, 0.1) is 0 Å². The molecular weight excluding hydrogens is 356 g/mol. The third-order valence-electron chi connectivity index (χ3n) is 4.49. The van der Waals surface area contributed by atoms with Crippen LogP contribution < -0.4 is 15.4 Å². The van der Waals surface area contributed by atoms with Crippen LogP contribution in [0.1, 0.15) is 28.4 Å². The average Bonchev–Trinajstić information content (AvgIpc) is 2.64. The fraction of sp³-hybridized carbons (Fsp3) is 0.222. The molecule has 2 aromatic carbocycles. The van der Waals surface area contributed by atoms with Crippen molar-refractivity contribution in [3.63, 3.8) is 0 Å². The van der Waals surface area contributed by atoms with Crippen LogP contribution in [0.4, 0.5) is 5.69 Å². The van der Waals surface area contributed by atoms with E-state index in [0.717, 1.165) is 0 Å². The highest BCUT2D eigenvalue weighted by atomic mass is 32.2. The molecule has 2 aliphatic rings. The van der Waals surface area contributed by atoms with Gasteiger partial charge >= 0.3 is 0 Å². The summed E-state index contributed by atoms with van der Waals surface area (Å²) >= 11 is 0. The fourth-order valence-electron chi connectivity index (χ4n) is 3.20. The minimum Gasteiger partial charge on any atom is -0.482 e. The van der Waals surface area contributed by atoms with Gasteiger partial charge in [-0.25, -0.2) is 8.42 Å². The summed E-state index contributed by atoms with van der Waals surface area (Å²) in [5, 5.41) is 5.57. The second-order valence-corrected chi connectivity index (χ2v) is 8.30. The number of carbonyl (C=O) groups is 2. The fourth-order valence-corrected chi connectivity index (χ4v) is 4.82. The van der Waals surface area contributed by atoms with Crippen LogP contribution in [0.5, 0.6) is 5.75 Å². The number of fused-ring (bicyclic) bond motifs is 2. The number of hydrogen-bond donors (Lipinski definition) is 2. The second kappa shape index (κ2) is 6.14. The van der Waals surface area contributed by atoms with Gasteiger partial charge in [0.05, 0.1) is 22.4 Å². The highest BCUT2D eigenvalue weighted by molar-refractivity contribution is 7.91. The molecule has 0 saturated heterocycles. The Kier molecular flexibility index (Phi) is 3.91. The standard InChI is InChI=1S/C18H16N2O5S/c21-17-10-25-15-9-11(5-6-14(15)19-17)18(22)20-13-7-8-26(23,24)16-4-2-1-3-12(13)16/h1-6,9,13H,7-8,10H2,(H,19,21)(H,20,22). The highest BCUT2D eigenvalue weighted by Gasteiger charge is 2.31. The Hall–Kier alpha value is -2.87. The molecule has 2 aromatic rings. The molecule has 8 heteroatoms. The van der Waals surface area contributed by atoms with E-state index in [4.69, 9.17) is 4.74 Å². The molecule has 0 aliphatic carbocycles. The Morgan fingerprint density at radius 1 is 1.19 bits per heavy atom. The van der Waals surface area contributed by atoms with Crippen molar-refractivity contribution in [1.82, 2.24) is 5.32 Å². The minimum absolute atomic E-state index is 0.00566. The van der Waals surface area contributed by atoms with Crippen molar-refractivity contribution in [2.24, 2.45) is 0 Å². The van der Waals surface area contributed by atoms with Crippen LogP contribution in [-0.4, -0.2) is 32.6 Å². The number of sulfone groups is 1. The number of rotatable bonds is 2. The van der Waals surface area contributed by atoms with Gasteiger partial charge in [-0.3, -0.25) is 9.59 Å². The number of amides is 2. The smallest absolute Gasteiger partial charge is 0.262 e. The summed E-state index contributed by atoms with van der Waals surface area (Å²) < 4.78 is 29.7. The lowest BCUT2D eigenvalue weighted by Gasteiger charge is -2.26. The SMILES string of the molecule is O=C1COc2cc(C(=O)NC3CCS(=O)(=O)c4ccccc43)ccc2N1. The molecule has 26 heavy (non-hydrogen) atoms. The topological polar surface area (TPSA) is 102 Å². The van der Waals surface area contributed by atoms with Gasteiger partial charge in [0.1, 0.15) is 5.75 Å². The van der Waals surface area contributed by atoms with Crippen LogP contribution in [0.25, 0.3) is 0 Å². The van der Waals surface area contributed by atoms with Crippen LogP contribution in [-0.2, 0) is 14.6 Å². The van der Waals surface area contributed by atoms with E-state index in [9.17, 15) is 18.0 Å². The first kappa shape index (κ1) is 16.6. The number of nitrogens with one attached hydrogen (secondary N) is 2. The lowest BCUT2D eigenvalue weighted by Crippen LogP contribution is -2.34. The number of carbonyl (C=O) groups excluding carboxylic acids is 2. The zero-order chi connectivity index (χ0) is 18.3. The first-order chi connectivity index (χ1) is 12.4. The maximum atomic E-state index is 12.6. The quantitative estimate of drug-likeness (QED) is 0.835. The summed E-state index contributed by atoms with van der Waals surface area (Å²) in [4.78, 5) is 24.2. The van der Waals surface area contributed by atoms with Gasteiger partial charge in [0, 0.05) is 5.56 Å². The number of anilines is 1. The first-order valence-electron chi connectivity index (χ1n) is 8.13. The van der Waals surface area contributed by atoms with E-state index in [1.54, 1.807) is 42.5 Å². The molecular formula is C18H16N2O5S. The number of ether oxygens (including phenoxy) is 1. The van der Waals surface area contributed by atoms with E-state index in [1.807, 2.05) is 0 Å². The van der Waals surface area contributed by atoms with Gasteiger partial charge in [-0.05, 0) is 36.2 Å². The van der Waals surface area contributed by atoms with Crippen molar-refractivity contribution in [1.29, 1.82) is 0 Å². The number of benzene rings is 2. The van der Waals surface area contributed by atoms with Gasteiger partial charge in [0.25, 0.3) is 11.8 Å². The van der Waals surface area contributed by atoms with Crippen molar-refractivity contribution < 1.29 is 22.7 Å². The van der Waals surface area contributed by atoms with Crippen molar-refractivity contribution in [3.05, 3.63) is 53.6 Å². The Bertz CT molecular complexity index is 1020. The van der Waals surface area contributed by atoms with E-state index < -0.39 is 9.84 Å². The molecule has 2 amide bonds. The van der Waals surface area contributed by atoms with Crippen molar-refractivity contribution in [2.75, 3.05) is 17.7 Å². The molecule has 2 aliphatic heterocycles. The van der Waals surface area contributed by atoms with E-state index in [-0.39, 0.29) is 35.1 Å². The monoisotopic (exact) mass is 372 g/mol. The molecule has 2 N–H and O–H groups in total. The Labute approximate surface area is 150 Å². The first-order valence-corrected chi connectivity index (χ1v) is 9.78. The molecule has 2 heterocycles. The zero-order valence-electron chi connectivity index (χ0n) is 13.7. The summed E-state index contributed by atoms with van der Waals surface area (Å²) in [7, 11) is -3.30. The maximum absolute atomic E-state index is 12.6. The lowest BCUT2D eigenvalue weighted by molar-refractivity contribution is -0.118. The number of hydrogen-bond acceptors (Lipinski definition) is 5. The minimum atomic E-state index is -3.30. The van der Waals surface area contributed by atoms with E-state index >= 15 is 0 Å². The summed E-state index contributed by atoms with van der Waals surface area (Å²) in [5.74, 6) is -0.139. The summed E-state index contributed by atoms with van der Waals surface area (Å²) in [6, 6.07) is 11.1. The Morgan fingerprint density at radius 3 is 2.85 bits per heavy atom. The van der Waals surface area contributed by atoms with Crippen LogP contribution >= 0.6 is 0 Å². The van der Waals surface area contributed by atoms with Crippen molar-refractivity contribution in [2.45, 2.75) is 17.4 Å². The molecule has 1 atom stereocenters. The molecule has 0 radical (unpaired) electrons. The molecule has 7 nitrogen and oxygen atoms in total. The summed E-state index contributed by atoms with van der Waals surface area (Å²) in [5.41, 5.74) is 1.51. The normalized spacial score (nSPS) is 20.2. The maximum Gasteiger partial charge on any atom is 0.262 e. The molecule has 0 fully saturated rings. The summed E-state index contributed by atoms with van der Waals surface area (Å²) in [6.45, 7) is -0.0913. The third kappa shape index (κ3) is 2.92. The predicted octanol–water partition coefficient (Wildman–Crippen LogP) is 1.67. The van der Waals surface area contributed by atoms with Crippen molar-refractivity contribution >= 4 is 27.3 Å². The lowest BCUT2D eigenvalue weighted by atomic mass is 10.0. The van der Waals surface area contributed by atoms with Gasteiger partial charge in [-0.1, -0.05) is 18.2 Å². The molecule has 0 saturated carbocycles. The van der Waals surface area contributed by atoms with Gasteiger partial charge in [-0.2, -0.15) is 0 Å². The molecule has 1 unspecified atom stereocenters. The highest BCUT2D eigenvalue weighted by Crippen LogP contribution is 2.33. The van der Waals surface area contributed by atoms with Crippen molar-refractivity contribution in [3.8, 4) is 5.75 Å².